The molecule has 1 saturated heterocycles. The van der Waals surface area contributed by atoms with Crippen LogP contribution in [0.15, 0.2) is 5.16 Å². The molecular formula is C7H15N3O6. The van der Waals surface area contributed by atoms with Crippen molar-refractivity contribution in [3.8, 4) is 0 Å². The van der Waals surface area contributed by atoms with Crippen molar-refractivity contribution in [3.05, 3.63) is 0 Å². The Morgan fingerprint density at radius 3 is 2.31 bits per heavy atom. The van der Waals surface area contributed by atoms with Gasteiger partial charge < -0.3 is 41.5 Å². The minimum absolute atomic E-state index is 0.392. The van der Waals surface area contributed by atoms with Gasteiger partial charge in [0, 0.05) is 0 Å². The molecule has 1 fully saturated rings. The number of hydrogen-bond acceptors (Lipinski definition) is 7. The Morgan fingerprint density at radius 1 is 1.19 bits per heavy atom. The Bertz CT molecular complexity index is 257. The molecule has 0 aromatic rings. The third kappa shape index (κ3) is 2.71. The fourth-order valence-corrected chi connectivity index (χ4v) is 1.27. The van der Waals surface area contributed by atoms with E-state index in [-0.39, 0.29) is 0 Å². The van der Waals surface area contributed by atoms with Gasteiger partial charge in [-0.1, -0.05) is 0 Å². The highest BCUT2D eigenvalue weighted by Gasteiger charge is 2.44. The topological polar surface area (TPSA) is 164 Å². The first-order chi connectivity index (χ1) is 7.47. The van der Waals surface area contributed by atoms with Gasteiger partial charge in [-0.2, -0.15) is 0 Å². The van der Waals surface area contributed by atoms with Gasteiger partial charge >= 0.3 is 0 Å². The van der Waals surface area contributed by atoms with Crippen molar-refractivity contribution >= 4 is 5.96 Å². The number of ether oxygens (including phenoxy) is 1. The predicted octanol–water partition coefficient (Wildman–Crippen LogP) is -4.01. The Kier molecular flexibility index (Phi) is 4.26. The Balaban J connectivity index is 2.67. The summed E-state index contributed by atoms with van der Waals surface area (Å²) in [7, 11) is 0. The van der Waals surface area contributed by atoms with Crippen LogP contribution < -0.4 is 11.5 Å². The number of hydrogen-bond donors (Lipinski definition) is 6. The molecule has 1 rings (SSSR count). The monoisotopic (exact) mass is 237 g/mol. The van der Waals surface area contributed by atoms with Crippen LogP contribution in [0.1, 0.15) is 0 Å². The molecule has 9 heteroatoms. The first kappa shape index (κ1) is 12.9. The molecule has 0 aromatic heterocycles. The van der Waals surface area contributed by atoms with Crippen molar-refractivity contribution in [1.82, 2.24) is 0 Å². The average Bonchev–Trinajstić information content (AvgIpc) is 2.25. The molecule has 9 nitrogen and oxygen atoms in total. The van der Waals surface area contributed by atoms with Crippen LogP contribution in [0.4, 0.5) is 0 Å². The lowest BCUT2D eigenvalue weighted by molar-refractivity contribution is -0.301. The van der Waals surface area contributed by atoms with E-state index in [4.69, 9.17) is 21.3 Å². The van der Waals surface area contributed by atoms with Crippen molar-refractivity contribution in [3.63, 3.8) is 0 Å². The highest BCUT2D eigenvalue weighted by Crippen LogP contribution is 2.21. The number of nitrogens with zero attached hydrogens (tertiary/aromatic N) is 1. The van der Waals surface area contributed by atoms with Gasteiger partial charge in [-0.05, 0) is 5.16 Å². The summed E-state index contributed by atoms with van der Waals surface area (Å²) in [6, 6.07) is 0. The zero-order chi connectivity index (χ0) is 12.3. The molecule has 0 radical (unpaired) electrons. The SMILES string of the molecule is NC(N)=NO[C@H]1O[C@H](CO)[C@@H](O)[C@H](O)[C@@H]1O. The Labute approximate surface area is 90.9 Å². The molecule has 0 amide bonds. The summed E-state index contributed by atoms with van der Waals surface area (Å²) in [5.41, 5.74) is 9.98. The Morgan fingerprint density at radius 2 is 1.81 bits per heavy atom. The van der Waals surface area contributed by atoms with Gasteiger partial charge in [-0.25, -0.2) is 0 Å². The van der Waals surface area contributed by atoms with Crippen molar-refractivity contribution in [2.75, 3.05) is 6.61 Å². The molecular weight excluding hydrogens is 222 g/mol. The summed E-state index contributed by atoms with van der Waals surface area (Å²) in [5, 5.41) is 40.2. The van der Waals surface area contributed by atoms with Crippen LogP contribution in [0.3, 0.4) is 0 Å². The van der Waals surface area contributed by atoms with Crippen molar-refractivity contribution in [2.24, 2.45) is 16.6 Å². The van der Waals surface area contributed by atoms with E-state index in [0.29, 0.717) is 0 Å². The second kappa shape index (κ2) is 5.27. The number of nitrogens with two attached hydrogens (primary N) is 2. The molecule has 94 valence electrons. The third-order valence-corrected chi connectivity index (χ3v) is 2.11. The van der Waals surface area contributed by atoms with Crippen LogP contribution in [0, 0.1) is 0 Å². The maximum Gasteiger partial charge on any atom is 0.256 e. The normalized spacial score (nSPS) is 39.1. The maximum absolute atomic E-state index is 9.44. The fourth-order valence-electron chi connectivity index (χ4n) is 1.27. The molecule has 5 atom stereocenters. The van der Waals surface area contributed by atoms with Crippen molar-refractivity contribution in [2.45, 2.75) is 30.7 Å². The molecule has 0 aliphatic carbocycles. The van der Waals surface area contributed by atoms with E-state index < -0.39 is 43.3 Å². The number of guanidine groups is 1. The van der Waals surface area contributed by atoms with E-state index in [1.165, 1.54) is 0 Å². The summed E-state index contributed by atoms with van der Waals surface area (Å²) in [5.74, 6) is -0.392. The maximum atomic E-state index is 9.44. The lowest BCUT2D eigenvalue weighted by atomic mass is 9.99. The molecule has 16 heavy (non-hydrogen) atoms. The second-order valence-electron chi connectivity index (χ2n) is 3.32. The fraction of sp³-hybridized carbons (Fsp3) is 0.857. The van der Waals surface area contributed by atoms with Crippen LogP contribution in [0.5, 0.6) is 0 Å². The van der Waals surface area contributed by atoms with Gasteiger partial charge in [0.1, 0.15) is 24.4 Å². The molecule has 0 aromatic carbocycles. The van der Waals surface area contributed by atoms with Crippen LogP contribution in [-0.2, 0) is 9.57 Å². The zero-order valence-electron chi connectivity index (χ0n) is 8.30. The highest BCUT2D eigenvalue weighted by atomic mass is 16.8. The van der Waals surface area contributed by atoms with E-state index in [1.807, 2.05) is 0 Å². The lowest BCUT2D eigenvalue weighted by Crippen LogP contribution is -2.58. The minimum Gasteiger partial charge on any atom is -0.394 e. The first-order valence-corrected chi connectivity index (χ1v) is 4.52. The number of aliphatic hydroxyl groups excluding tert-OH is 4. The van der Waals surface area contributed by atoms with Gasteiger partial charge in [0.25, 0.3) is 6.29 Å². The van der Waals surface area contributed by atoms with Crippen LogP contribution in [0.25, 0.3) is 0 Å². The van der Waals surface area contributed by atoms with E-state index in [1.54, 1.807) is 0 Å². The minimum atomic E-state index is -1.53. The second-order valence-corrected chi connectivity index (χ2v) is 3.32. The summed E-state index contributed by atoms with van der Waals surface area (Å²) in [4.78, 5) is 4.59. The molecule has 0 spiro atoms. The molecule has 1 heterocycles. The lowest BCUT2D eigenvalue weighted by Gasteiger charge is -2.38. The van der Waals surface area contributed by atoms with Gasteiger partial charge in [0.05, 0.1) is 6.61 Å². The summed E-state index contributed by atoms with van der Waals surface area (Å²) in [6.45, 7) is -0.549. The largest absolute Gasteiger partial charge is 0.394 e. The molecule has 1 aliphatic heterocycles. The summed E-state index contributed by atoms with van der Waals surface area (Å²) in [6.07, 6.45) is -6.92. The van der Waals surface area contributed by atoms with Crippen LogP contribution in [-0.4, -0.2) is 63.7 Å². The van der Waals surface area contributed by atoms with E-state index >= 15 is 0 Å². The van der Waals surface area contributed by atoms with Gasteiger partial charge in [0.2, 0.25) is 5.96 Å². The predicted molar refractivity (Wildman–Crippen MR) is 50.7 cm³/mol. The first-order valence-electron chi connectivity index (χ1n) is 4.52. The van der Waals surface area contributed by atoms with Gasteiger partial charge in [-0.15, -0.1) is 0 Å². The molecule has 0 saturated carbocycles. The standard InChI is InChI=1S/C7H15N3O6/c8-7(9)10-16-6-5(14)4(13)3(12)2(1-11)15-6/h2-6,11-14H,1H2,(H4,8,9,10)/t2-,3-,4+,5+,6-/m1/s1. The summed E-state index contributed by atoms with van der Waals surface area (Å²) >= 11 is 0. The average molecular weight is 237 g/mol. The van der Waals surface area contributed by atoms with E-state index in [9.17, 15) is 15.3 Å². The zero-order valence-corrected chi connectivity index (χ0v) is 8.30. The number of aliphatic hydroxyl groups is 4. The van der Waals surface area contributed by atoms with Crippen molar-refractivity contribution in [1.29, 1.82) is 0 Å². The molecule has 1 aliphatic rings. The number of oxime groups is 1. The third-order valence-electron chi connectivity index (χ3n) is 2.11. The quantitative estimate of drug-likeness (QED) is 0.164. The van der Waals surface area contributed by atoms with E-state index in [2.05, 4.69) is 9.99 Å². The van der Waals surface area contributed by atoms with Crippen LogP contribution >= 0.6 is 0 Å². The summed E-state index contributed by atoms with van der Waals surface area (Å²) < 4.78 is 4.93. The smallest absolute Gasteiger partial charge is 0.256 e. The molecule has 0 bridgehead atoms. The van der Waals surface area contributed by atoms with Crippen LogP contribution in [0.2, 0.25) is 0 Å². The molecule has 8 N–H and O–H groups in total. The van der Waals surface area contributed by atoms with E-state index in [0.717, 1.165) is 0 Å². The van der Waals surface area contributed by atoms with Gasteiger partial charge in [-0.3, -0.25) is 0 Å². The van der Waals surface area contributed by atoms with Gasteiger partial charge in [0.15, 0.2) is 0 Å². The Hall–Kier alpha value is -1.13. The molecule has 0 unspecified atom stereocenters. The number of rotatable bonds is 3. The van der Waals surface area contributed by atoms with Crippen molar-refractivity contribution < 1.29 is 30.0 Å². The highest BCUT2D eigenvalue weighted by molar-refractivity contribution is 5.74.